The van der Waals surface area contributed by atoms with Crippen LogP contribution in [0.1, 0.15) is 80.0 Å². The van der Waals surface area contributed by atoms with Gasteiger partial charge in [-0.05, 0) is 171 Å². The second-order valence-electron chi connectivity index (χ2n) is 18.4. The third-order valence-electron chi connectivity index (χ3n) is 16.0. The number of rotatable bonds is 4. The minimum atomic E-state index is 0.112. The predicted octanol–water partition coefficient (Wildman–Crippen LogP) is 14.5. The lowest BCUT2D eigenvalue weighted by Gasteiger charge is -2.61. The average Bonchev–Trinajstić information content (AvgIpc) is 3.93. The first-order valence-corrected chi connectivity index (χ1v) is 21.6. The van der Waals surface area contributed by atoms with Gasteiger partial charge in [0.05, 0.1) is 0 Å². The molecule has 1 heteroatoms. The molecule has 0 saturated heterocycles. The van der Waals surface area contributed by atoms with Crippen LogP contribution < -0.4 is 4.90 Å². The molecule has 14 rings (SSSR count). The Kier molecular flexibility index (Phi) is 6.57. The summed E-state index contributed by atoms with van der Waals surface area (Å²) >= 11 is 0. The van der Waals surface area contributed by atoms with E-state index in [-0.39, 0.29) is 10.8 Å². The predicted molar refractivity (Wildman–Crippen MR) is 232 cm³/mol. The Bertz CT molecular complexity index is 2710. The van der Waals surface area contributed by atoms with Crippen molar-refractivity contribution in [1.82, 2.24) is 0 Å². The van der Waals surface area contributed by atoms with Gasteiger partial charge >= 0.3 is 0 Å². The van der Waals surface area contributed by atoms with Crippen LogP contribution in [-0.2, 0) is 10.8 Å². The standard InChI is InChI=1S/C55H47N/c1-2-15-44-37(11-1)12-10-18-45(44)38-13-9-14-41(32-38)56(43-21-23-48-46-16-3-5-19-50(46)54(53(48)34-43)25-7-8-26-54)42-22-24-52-49(33-42)47-17-4-6-20-51(47)55(52)39-28-35-27-36(30-39)31-40(55)29-35/h1-6,9-24,32-36,39-40H,7-8,25-31H2. The van der Waals surface area contributed by atoms with Gasteiger partial charge in [-0.2, -0.15) is 0 Å². The van der Waals surface area contributed by atoms with E-state index in [4.69, 9.17) is 0 Å². The lowest BCUT2D eigenvalue weighted by atomic mass is 9.43. The topological polar surface area (TPSA) is 3.24 Å². The van der Waals surface area contributed by atoms with Crippen LogP contribution in [0.15, 0.2) is 152 Å². The van der Waals surface area contributed by atoms with Crippen molar-refractivity contribution in [3.63, 3.8) is 0 Å². The lowest BCUT2D eigenvalue weighted by Crippen LogP contribution is -2.55. The molecule has 0 N–H and O–H groups in total. The summed E-state index contributed by atoms with van der Waals surface area (Å²) in [5.74, 6) is 3.41. The summed E-state index contributed by atoms with van der Waals surface area (Å²) in [4.78, 5) is 2.59. The van der Waals surface area contributed by atoms with Crippen molar-refractivity contribution in [1.29, 1.82) is 0 Å². The molecule has 0 radical (unpaired) electrons. The van der Waals surface area contributed by atoms with Crippen molar-refractivity contribution in [3.8, 4) is 33.4 Å². The van der Waals surface area contributed by atoms with E-state index in [2.05, 4.69) is 157 Å². The second kappa shape index (κ2) is 11.6. The van der Waals surface area contributed by atoms with E-state index in [1.807, 2.05) is 0 Å². The molecule has 0 unspecified atom stereocenters. The minimum absolute atomic E-state index is 0.112. The number of hydrogen-bond donors (Lipinski definition) is 0. The fourth-order valence-corrected chi connectivity index (χ4v) is 14.1. The van der Waals surface area contributed by atoms with Crippen molar-refractivity contribution < 1.29 is 0 Å². The number of nitrogens with zero attached hydrogens (tertiary/aromatic N) is 1. The van der Waals surface area contributed by atoms with Crippen LogP contribution in [-0.4, -0.2) is 0 Å². The number of anilines is 3. The molecule has 7 aromatic carbocycles. The molecule has 5 fully saturated rings. The summed E-state index contributed by atoms with van der Waals surface area (Å²) < 4.78 is 0. The molecule has 0 amide bonds. The highest BCUT2D eigenvalue weighted by molar-refractivity contribution is 5.98. The number of benzene rings is 7. The third kappa shape index (κ3) is 4.16. The highest BCUT2D eigenvalue weighted by Crippen LogP contribution is 2.69. The van der Waals surface area contributed by atoms with Crippen molar-refractivity contribution in [2.75, 3.05) is 4.90 Å². The second-order valence-corrected chi connectivity index (χ2v) is 18.4. The van der Waals surface area contributed by atoms with Gasteiger partial charge in [0.15, 0.2) is 0 Å². The fraction of sp³-hybridized carbons (Fsp3) is 0.273. The lowest BCUT2D eigenvalue weighted by molar-refractivity contribution is -0.0399. The van der Waals surface area contributed by atoms with Crippen LogP contribution in [0.3, 0.4) is 0 Å². The van der Waals surface area contributed by atoms with E-state index < -0.39 is 0 Å². The zero-order valence-corrected chi connectivity index (χ0v) is 32.1. The van der Waals surface area contributed by atoms with Gasteiger partial charge in [-0.25, -0.2) is 0 Å². The normalized spacial score (nSPS) is 25.4. The van der Waals surface area contributed by atoms with Gasteiger partial charge in [0.1, 0.15) is 0 Å². The Hall–Kier alpha value is -5.40. The Labute approximate surface area is 331 Å². The van der Waals surface area contributed by atoms with Crippen LogP contribution in [0.2, 0.25) is 0 Å². The van der Waals surface area contributed by atoms with E-state index in [0.29, 0.717) is 0 Å². The van der Waals surface area contributed by atoms with Crippen molar-refractivity contribution >= 4 is 27.8 Å². The minimum Gasteiger partial charge on any atom is -0.310 e. The van der Waals surface area contributed by atoms with Gasteiger partial charge in [0.2, 0.25) is 0 Å². The number of fused-ring (bicyclic) bond motifs is 9. The molecule has 0 heterocycles. The van der Waals surface area contributed by atoms with E-state index in [0.717, 1.165) is 23.7 Å². The molecular weight excluding hydrogens is 675 g/mol. The van der Waals surface area contributed by atoms with Crippen molar-refractivity contribution in [2.45, 2.75) is 68.6 Å². The van der Waals surface area contributed by atoms with Crippen molar-refractivity contribution in [3.05, 3.63) is 174 Å². The molecule has 272 valence electrons. The van der Waals surface area contributed by atoms with Crippen LogP contribution in [0, 0.1) is 23.7 Å². The summed E-state index contributed by atoms with van der Waals surface area (Å²) in [5.41, 5.74) is 18.7. The fourth-order valence-electron chi connectivity index (χ4n) is 14.1. The first-order chi connectivity index (χ1) is 27.7. The molecule has 0 aliphatic heterocycles. The Morgan fingerprint density at radius 2 is 1.00 bits per heavy atom. The van der Waals surface area contributed by atoms with Gasteiger partial charge in [-0.3, -0.25) is 0 Å². The highest BCUT2D eigenvalue weighted by atomic mass is 15.1. The maximum Gasteiger partial charge on any atom is 0.0468 e. The maximum atomic E-state index is 2.59. The maximum absolute atomic E-state index is 2.59. The van der Waals surface area contributed by atoms with E-state index >= 15 is 0 Å². The molecule has 1 nitrogen and oxygen atoms in total. The van der Waals surface area contributed by atoms with Crippen LogP contribution in [0.5, 0.6) is 0 Å². The first-order valence-electron chi connectivity index (χ1n) is 21.6. The molecule has 0 aromatic heterocycles. The third-order valence-corrected chi connectivity index (χ3v) is 16.0. The highest BCUT2D eigenvalue weighted by Gasteiger charge is 2.61. The largest absolute Gasteiger partial charge is 0.310 e. The van der Waals surface area contributed by atoms with Crippen molar-refractivity contribution in [2.24, 2.45) is 23.7 Å². The summed E-state index contributed by atoms with van der Waals surface area (Å²) in [5, 5.41) is 2.58. The first kappa shape index (κ1) is 31.8. The van der Waals surface area contributed by atoms with E-state index in [1.54, 1.807) is 16.7 Å². The quantitative estimate of drug-likeness (QED) is 0.175. The molecule has 7 aliphatic rings. The molecular formula is C55H47N. The number of hydrogen-bond acceptors (Lipinski definition) is 1. The van der Waals surface area contributed by atoms with Gasteiger partial charge in [-0.1, -0.05) is 128 Å². The summed E-state index contributed by atoms with van der Waals surface area (Å²) in [6.45, 7) is 0. The van der Waals surface area contributed by atoms with Crippen LogP contribution in [0.25, 0.3) is 44.2 Å². The Morgan fingerprint density at radius 3 is 1.82 bits per heavy atom. The molecule has 7 aliphatic carbocycles. The van der Waals surface area contributed by atoms with E-state index in [9.17, 15) is 0 Å². The zero-order chi connectivity index (χ0) is 36.6. The summed E-state index contributed by atoms with van der Waals surface area (Å²) in [6, 6.07) is 58.9. The van der Waals surface area contributed by atoms with Gasteiger partial charge in [0.25, 0.3) is 0 Å². The summed E-state index contributed by atoms with van der Waals surface area (Å²) in [6.07, 6.45) is 12.2. The van der Waals surface area contributed by atoms with E-state index in [1.165, 1.54) is 125 Å². The summed E-state index contributed by atoms with van der Waals surface area (Å²) in [7, 11) is 0. The van der Waals surface area contributed by atoms with Crippen LogP contribution >= 0.6 is 0 Å². The zero-order valence-electron chi connectivity index (χ0n) is 32.1. The molecule has 0 atom stereocenters. The Balaban J connectivity index is 1.02. The Morgan fingerprint density at radius 1 is 0.411 bits per heavy atom. The molecule has 4 bridgehead atoms. The monoisotopic (exact) mass is 721 g/mol. The molecule has 5 saturated carbocycles. The smallest absolute Gasteiger partial charge is 0.0468 e. The van der Waals surface area contributed by atoms with Crippen LogP contribution in [0.4, 0.5) is 17.1 Å². The van der Waals surface area contributed by atoms with Gasteiger partial charge in [0, 0.05) is 27.9 Å². The van der Waals surface area contributed by atoms with Gasteiger partial charge in [-0.15, -0.1) is 0 Å². The average molecular weight is 722 g/mol. The SMILES string of the molecule is c1cc(-c2cccc3ccccc23)cc(N(c2ccc3c(c2)-c2ccccc2C32C3CC4CC(C3)CC2C4)c2ccc3c(c2)C2(CCCC2)c2ccccc2-3)c1. The molecule has 7 aromatic rings. The molecule has 2 spiro atoms. The molecule has 56 heavy (non-hydrogen) atoms. The van der Waals surface area contributed by atoms with Gasteiger partial charge < -0.3 is 4.90 Å².